The molecule has 1 unspecified atom stereocenters. The van der Waals surface area contributed by atoms with Gasteiger partial charge in [-0.05, 0) is 32.5 Å². The molecule has 0 aliphatic heterocycles. The lowest BCUT2D eigenvalue weighted by molar-refractivity contribution is 0.554. The van der Waals surface area contributed by atoms with Crippen LogP contribution in [0.15, 0.2) is 17.0 Å². The first-order chi connectivity index (χ1) is 8.29. The molecular weight excluding hydrogens is 295 g/mol. The molecule has 1 atom stereocenters. The molecule has 0 aliphatic rings. The molecule has 1 aromatic carbocycles. The molecule has 0 saturated carbocycles. The predicted molar refractivity (Wildman–Crippen MR) is 74.9 cm³/mol. The summed E-state index contributed by atoms with van der Waals surface area (Å²) in [6.07, 6.45) is 0. The van der Waals surface area contributed by atoms with Crippen molar-refractivity contribution in [2.45, 2.75) is 24.8 Å². The molecule has 0 spiro atoms. The molecule has 0 aliphatic carbocycles. The van der Waals surface area contributed by atoms with E-state index in [1.165, 1.54) is 6.07 Å². The van der Waals surface area contributed by atoms with E-state index in [1.807, 2.05) is 6.92 Å². The van der Waals surface area contributed by atoms with E-state index in [9.17, 15) is 8.42 Å². The largest absolute Gasteiger partial charge is 0.316 e. The standard InChI is InChI=1S/C11H16Cl2N2O2S/c1-7-4-5-9(12)11(10(7)13)18(16,17)15-6-8(2)14-3/h4-5,8,14-15H,6H2,1-3H3. The molecule has 1 rings (SSSR count). The molecule has 4 nitrogen and oxygen atoms in total. The number of hydrogen-bond donors (Lipinski definition) is 2. The number of nitrogens with one attached hydrogen (secondary N) is 2. The van der Waals surface area contributed by atoms with Gasteiger partial charge in [0, 0.05) is 12.6 Å². The quantitative estimate of drug-likeness (QED) is 0.876. The van der Waals surface area contributed by atoms with E-state index in [0.717, 1.165) is 0 Å². The zero-order valence-corrected chi connectivity index (χ0v) is 12.7. The smallest absolute Gasteiger partial charge is 0.243 e. The van der Waals surface area contributed by atoms with Gasteiger partial charge in [0.25, 0.3) is 0 Å². The Hall–Kier alpha value is -0.330. The van der Waals surface area contributed by atoms with Gasteiger partial charge in [0.05, 0.1) is 10.0 Å². The Labute approximate surface area is 118 Å². The monoisotopic (exact) mass is 310 g/mol. The minimum absolute atomic E-state index is 0.0159. The van der Waals surface area contributed by atoms with Crippen LogP contribution in [0.25, 0.3) is 0 Å². The third kappa shape index (κ3) is 3.59. The van der Waals surface area contributed by atoms with Crippen LogP contribution in [-0.2, 0) is 10.0 Å². The lowest BCUT2D eigenvalue weighted by Crippen LogP contribution is -2.37. The van der Waals surface area contributed by atoms with Crippen molar-refractivity contribution >= 4 is 33.2 Å². The van der Waals surface area contributed by atoms with Gasteiger partial charge in [-0.3, -0.25) is 0 Å². The predicted octanol–water partition coefficient (Wildman–Crippen LogP) is 2.19. The third-order valence-corrected chi connectivity index (χ3v) is 5.12. The lowest BCUT2D eigenvalue weighted by Gasteiger charge is -2.14. The highest BCUT2D eigenvalue weighted by Gasteiger charge is 2.22. The summed E-state index contributed by atoms with van der Waals surface area (Å²) in [7, 11) is -1.95. The van der Waals surface area contributed by atoms with Gasteiger partial charge in [-0.15, -0.1) is 0 Å². The van der Waals surface area contributed by atoms with Crippen LogP contribution >= 0.6 is 23.2 Å². The summed E-state index contributed by atoms with van der Waals surface area (Å²) < 4.78 is 26.8. The maximum atomic E-state index is 12.1. The molecule has 102 valence electrons. The van der Waals surface area contributed by atoms with Gasteiger partial charge in [0.15, 0.2) is 0 Å². The fraction of sp³-hybridized carbons (Fsp3) is 0.455. The van der Waals surface area contributed by atoms with Gasteiger partial charge in [0.1, 0.15) is 4.90 Å². The Morgan fingerprint density at radius 1 is 1.33 bits per heavy atom. The van der Waals surface area contributed by atoms with Crippen LogP contribution < -0.4 is 10.0 Å². The molecule has 7 heteroatoms. The Balaban J connectivity index is 3.09. The number of benzene rings is 1. The average Bonchev–Trinajstić information content (AvgIpc) is 2.31. The van der Waals surface area contributed by atoms with Crippen molar-refractivity contribution in [3.63, 3.8) is 0 Å². The SMILES string of the molecule is CNC(C)CNS(=O)(=O)c1c(Cl)ccc(C)c1Cl. The van der Waals surface area contributed by atoms with E-state index in [4.69, 9.17) is 23.2 Å². The second-order valence-corrected chi connectivity index (χ2v) is 6.54. The van der Waals surface area contributed by atoms with Crippen LogP contribution in [-0.4, -0.2) is 28.1 Å². The van der Waals surface area contributed by atoms with E-state index in [-0.39, 0.29) is 27.5 Å². The summed E-state index contributed by atoms with van der Waals surface area (Å²) in [5, 5.41) is 3.22. The second-order valence-electron chi connectivity index (χ2n) is 4.05. The summed E-state index contributed by atoms with van der Waals surface area (Å²) in [5.74, 6) is 0. The number of hydrogen-bond acceptors (Lipinski definition) is 3. The Morgan fingerprint density at radius 3 is 2.50 bits per heavy atom. The zero-order chi connectivity index (χ0) is 13.9. The van der Waals surface area contributed by atoms with Crippen molar-refractivity contribution in [2.24, 2.45) is 0 Å². The fourth-order valence-electron chi connectivity index (χ4n) is 1.29. The van der Waals surface area contributed by atoms with Crippen molar-refractivity contribution in [1.29, 1.82) is 0 Å². The van der Waals surface area contributed by atoms with E-state index < -0.39 is 10.0 Å². The summed E-state index contributed by atoms with van der Waals surface area (Å²) >= 11 is 11.9. The lowest BCUT2D eigenvalue weighted by atomic mass is 10.2. The highest BCUT2D eigenvalue weighted by atomic mass is 35.5. The van der Waals surface area contributed by atoms with Crippen LogP contribution in [0.4, 0.5) is 0 Å². The topological polar surface area (TPSA) is 58.2 Å². The average molecular weight is 311 g/mol. The van der Waals surface area contributed by atoms with E-state index >= 15 is 0 Å². The maximum absolute atomic E-state index is 12.1. The molecule has 1 aromatic rings. The highest BCUT2D eigenvalue weighted by Crippen LogP contribution is 2.31. The van der Waals surface area contributed by atoms with Crippen LogP contribution in [0.5, 0.6) is 0 Å². The maximum Gasteiger partial charge on any atom is 0.243 e. The molecule has 0 saturated heterocycles. The molecule has 18 heavy (non-hydrogen) atoms. The highest BCUT2D eigenvalue weighted by molar-refractivity contribution is 7.89. The van der Waals surface area contributed by atoms with Crippen molar-refractivity contribution < 1.29 is 8.42 Å². The van der Waals surface area contributed by atoms with Crippen molar-refractivity contribution in [1.82, 2.24) is 10.0 Å². The van der Waals surface area contributed by atoms with Crippen molar-refractivity contribution in [2.75, 3.05) is 13.6 Å². The van der Waals surface area contributed by atoms with Crippen LogP contribution in [0, 0.1) is 6.92 Å². The minimum Gasteiger partial charge on any atom is -0.316 e. The van der Waals surface area contributed by atoms with Crippen LogP contribution in [0.2, 0.25) is 10.0 Å². The van der Waals surface area contributed by atoms with Gasteiger partial charge in [0.2, 0.25) is 10.0 Å². The summed E-state index contributed by atoms with van der Waals surface area (Å²) in [6.45, 7) is 3.86. The number of aryl methyl sites for hydroxylation is 1. The Morgan fingerprint density at radius 2 is 1.94 bits per heavy atom. The van der Waals surface area contributed by atoms with Gasteiger partial charge in [-0.1, -0.05) is 29.3 Å². The third-order valence-electron chi connectivity index (χ3n) is 2.58. The first-order valence-corrected chi connectivity index (χ1v) is 7.65. The van der Waals surface area contributed by atoms with Gasteiger partial charge < -0.3 is 5.32 Å². The van der Waals surface area contributed by atoms with Crippen molar-refractivity contribution in [3.8, 4) is 0 Å². The normalized spacial score (nSPS) is 13.6. The molecule has 0 bridgehead atoms. The molecule has 0 amide bonds. The molecule has 0 radical (unpaired) electrons. The molecule has 0 heterocycles. The van der Waals surface area contributed by atoms with Gasteiger partial charge in [-0.25, -0.2) is 13.1 Å². The number of rotatable bonds is 5. The van der Waals surface area contributed by atoms with E-state index in [1.54, 1.807) is 20.0 Å². The summed E-state index contributed by atoms with van der Waals surface area (Å²) in [6, 6.07) is 3.22. The molecular formula is C11H16Cl2N2O2S. The van der Waals surface area contributed by atoms with Crippen LogP contribution in [0.3, 0.4) is 0 Å². The minimum atomic E-state index is -3.70. The zero-order valence-electron chi connectivity index (χ0n) is 10.4. The molecule has 0 aromatic heterocycles. The number of halogens is 2. The summed E-state index contributed by atoms with van der Waals surface area (Å²) in [5.41, 5.74) is 0.670. The Bertz CT molecular complexity index is 532. The van der Waals surface area contributed by atoms with E-state index in [0.29, 0.717) is 5.56 Å². The van der Waals surface area contributed by atoms with Crippen LogP contribution in [0.1, 0.15) is 12.5 Å². The Kier molecular flexibility index (Phi) is 5.43. The van der Waals surface area contributed by atoms with E-state index in [2.05, 4.69) is 10.0 Å². The van der Waals surface area contributed by atoms with Gasteiger partial charge in [-0.2, -0.15) is 0 Å². The first kappa shape index (κ1) is 15.7. The second kappa shape index (κ2) is 6.21. The van der Waals surface area contributed by atoms with Gasteiger partial charge >= 0.3 is 0 Å². The summed E-state index contributed by atoms with van der Waals surface area (Å²) in [4.78, 5) is -0.0610. The number of sulfonamides is 1. The van der Waals surface area contributed by atoms with Crippen molar-refractivity contribution in [3.05, 3.63) is 27.7 Å². The fourth-order valence-corrected chi connectivity index (χ4v) is 3.60. The molecule has 2 N–H and O–H groups in total. The number of likely N-dealkylation sites (N-methyl/N-ethyl adjacent to an activating group) is 1. The first-order valence-electron chi connectivity index (χ1n) is 5.41. The molecule has 0 fully saturated rings.